The molecule has 1 unspecified atom stereocenters. The third-order valence-corrected chi connectivity index (χ3v) is 3.75. The highest BCUT2D eigenvalue weighted by atomic mass is 16.1. The van der Waals surface area contributed by atoms with Gasteiger partial charge in [-0.15, -0.1) is 0 Å². The smallest absolute Gasteiger partial charge is 0.234 e. The predicted octanol–water partition coefficient (Wildman–Crippen LogP) is 1.74. The summed E-state index contributed by atoms with van der Waals surface area (Å²) < 4.78 is 0. The van der Waals surface area contributed by atoms with Crippen LogP contribution in [0.5, 0.6) is 0 Å². The molecule has 0 radical (unpaired) electrons. The Morgan fingerprint density at radius 2 is 2.40 bits per heavy atom. The molecule has 1 atom stereocenters. The van der Waals surface area contributed by atoms with Gasteiger partial charge in [-0.1, -0.05) is 19.4 Å². The topological polar surface area (TPSA) is 71.2 Å². The second-order valence-electron chi connectivity index (χ2n) is 5.32. The molecule has 20 heavy (non-hydrogen) atoms. The number of rotatable bonds is 6. The maximum atomic E-state index is 11.6. The van der Waals surface area contributed by atoms with Crippen LogP contribution in [0.4, 0.5) is 5.82 Å². The lowest BCUT2D eigenvalue weighted by Crippen LogP contribution is -2.47. The van der Waals surface area contributed by atoms with Gasteiger partial charge in [0.2, 0.25) is 5.91 Å². The summed E-state index contributed by atoms with van der Waals surface area (Å²) in [6, 6.07) is 3.87. The van der Waals surface area contributed by atoms with E-state index in [1.807, 2.05) is 6.07 Å². The largest absolute Gasteiger partial charge is 0.370 e. The molecule has 5 nitrogen and oxygen atoms in total. The van der Waals surface area contributed by atoms with E-state index in [0.717, 1.165) is 56.7 Å². The van der Waals surface area contributed by atoms with Crippen LogP contribution in [0.25, 0.3) is 0 Å². The molecule has 0 bridgehead atoms. The zero-order valence-electron chi connectivity index (χ0n) is 12.1. The Labute approximate surface area is 120 Å². The lowest BCUT2D eigenvalue weighted by Gasteiger charge is -2.33. The fourth-order valence-corrected chi connectivity index (χ4v) is 2.69. The minimum Gasteiger partial charge on any atom is -0.370 e. The molecule has 2 rings (SSSR count). The lowest BCUT2D eigenvalue weighted by atomic mass is 10.0. The van der Waals surface area contributed by atoms with Gasteiger partial charge >= 0.3 is 0 Å². The number of carbonyl (C=O) groups excluding carboxylic acids is 1. The molecular formula is C15H24N4O. The molecule has 1 aliphatic rings. The first kappa shape index (κ1) is 14.8. The number of hydrogen-bond acceptors (Lipinski definition) is 4. The second-order valence-corrected chi connectivity index (χ2v) is 5.32. The lowest BCUT2D eigenvalue weighted by molar-refractivity contribution is -0.124. The van der Waals surface area contributed by atoms with Crippen LogP contribution in [0.2, 0.25) is 0 Å². The molecule has 0 saturated carbocycles. The average Bonchev–Trinajstić information content (AvgIpc) is 2.47. The zero-order valence-corrected chi connectivity index (χ0v) is 12.1. The van der Waals surface area contributed by atoms with Gasteiger partial charge in [0.15, 0.2) is 0 Å². The van der Waals surface area contributed by atoms with Crippen molar-refractivity contribution < 1.29 is 4.79 Å². The number of nitrogens with one attached hydrogen (secondary N) is 1. The highest BCUT2D eigenvalue weighted by Crippen LogP contribution is 2.22. The number of primary amides is 1. The van der Waals surface area contributed by atoms with Crippen molar-refractivity contribution >= 4 is 11.7 Å². The van der Waals surface area contributed by atoms with Crippen LogP contribution in [-0.4, -0.2) is 34.9 Å². The third-order valence-electron chi connectivity index (χ3n) is 3.75. The molecule has 2 heterocycles. The fraction of sp³-hybridized carbons (Fsp3) is 0.600. The van der Waals surface area contributed by atoms with Crippen molar-refractivity contribution in [3.63, 3.8) is 0 Å². The maximum absolute atomic E-state index is 11.6. The minimum absolute atomic E-state index is 0.136. The molecule has 1 amide bonds. The monoisotopic (exact) mass is 276 g/mol. The Balaban J connectivity index is 2.09. The van der Waals surface area contributed by atoms with E-state index in [1.165, 1.54) is 0 Å². The minimum atomic E-state index is -0.211. The first-order valence-electron chi connectivity index (χ1n) is 7.43. The normalized spacial score (nSPS) is 19.8. The quantitative estimate of drug-likeness (QED) is 0.830. The van der Waals surface area contributed by atoms with Crippen LogP contribution in [0.1, 0.15) is 38.2 Å². The van der Waals surface area contributed by atoms with Crippen molar-refractivity contribution in [2.45, 2.75) is 45.2 Å². The summed E-state index contributed by atoms with van der Waals surface area (Å²) in [7, 11) is 0. The number of amides is 1. The molecule has 1 fully saturated rings. The highest BCUT2D eigenvalue weighted by Gasteiger charge is 2.27. The van der Waals surface area contributed by atoms with Crippen LogP contribution >= 0.6 is 0 Å². The highest BCUT2D eigenvalue weighted by molar-refractivity contribution is 5.79. The van der Waals surface area contributed by atoms with Crippen molar-refractivity contribution in [1.29, 1.82) is 0 Å². The van der Waals surface area contributed by atoms with Crippen molar-refractivity contribution in [2.24, 2.45) is 5.73 Å². The Morgan fingerprint density at radius 3 is 3.15 bits per heavy atom. The predicted molar refractivity (Wildman–Crippen MR) is 80.3 cm³/mol. The first-order valence-corrected chi connectivity index (χ1v) is 7.43. The molecule has 0 spiro atoms. The summed E-state index contributed by atoms with van der Waals surface area (Å²) in [5.41, 5.74) is 6.65. The SMILES string of the molecule is CCCNc1ncccc1CN1CCCCC1C(N)=O. The number of likely N-dealkylation sites (tertiary alicyclic amines) is 1. The van der Waals surface area contributed by atoms with Gasteiger partial charge in [-0.05, 0) is 31.9 Å². The van der Waals surface area contributed by atoms with Crippen LogP contribution in [-0.2, 0) is 11.3 Å². The van der Waals surface area contributed by atoms with Crippen molar-refractivity contribution in [2.75, 3.05) is 18.4 Å². The summed E-state index contributed by atoms with van der Waals surface area (Å²) in [6.07, 6.45) is 5.93. The van der Waals surface area contributed by atoms with Crippen LogP contribution in [0.3, 0.4) is 0 Å². The second kappa shape index (κ2) is 7.24. The summed E-state index contributed by atoms with van der Waals surface area (Å²) >= 11 is 0. The number of pyridine rings is 1. The molecule has 3 N–H and O–H groups in total. The molecule has 1 aromatic rings. The summed E-state index contributed by atoms with van der Waals surface area (Å²) in [5.74, 6) is 0.708. The van der Waals surface area contributed by atoms with Crippen molar-refractivity contribution in [3.8, 4) is 0 Å². The van der Waals surface area contributed by atoms with Gasteiger partial charge in [0.1, 0.15) is 5.82 Å². The number of nitrogens with two attached hydrogens (primary N) is 1. The van der Waals surface area contributed by atoms with E-state index in [1.54, 1.807) is 6.20 Å². The van der Waals surface area contributed by atoms with Gasteiger partial charge in [-0.25, -0.2) is 4.98 Å². The van der Waals surface area contributed by atoms with E-state index >= 15 is 0 Å². The van der Waals surface area contributed by atoms with Crippen LogP contribution in [0.15, 0.2) is 18.3 Å². The van der Waals surface area contributed by atoms with Crippen molar-refractivity contribution in [1.82, 2.24) is 9.88 Å². The van der Waals surface area contributed by atoms with Gasteiger partial charge < -0.3 is 11.1 Å². The van der Waals surface area contributed by atoms with E-state index in [4.69, 9.17) is 5.73 Å². The first-order chi connectivity index (χ1) is 9.72. The third kappa shape index (κ3) is 3.70. The van der Waals surface area contributed by atoms with Crippen molar-refractivity contribution in [3.05, 3.63) is 23.9 Å². The van der Waals surface area contributed by atoms with E-state index in [2.05, 4.69) is 28.2 Å². The molecule has 0 aliphatic carbocycles. The zero-order chi connectivity index (χ0) is 14.4. The van der Waals surface area contributed by atoms with E-state index in [0.29, 0.717) is 0 Å². The number of hydrogen-bond donors (Lipinski definition) is 2. The Kier molecular flexibility index (Phi) is 5.35. The molecule has 0 aromatic carbocycles. The van der Waals surface area contributed by atoms with E-state index in [9.17, 15) is 4.79 Å². The standard InChI is InChI=1S/C15H24N4O/c1-2-8-17-15-12(6-5-9-18-15)11-19-10-4-3-7-13(19)14(16)20/h5-6,9,13H,2-4,7-8,10-11H2,1H3,(H2,16,20)(H,17,18). The number of aromatic nitrogens is 1. The molecule has 110 valence electrons. The molecule has 1 aliphatic heterocycles. The van der Waals surface area contributed by atoms with Crippen LogP contribution < -0.4 is 11.1 Å². The number of piperidine rings is 1. The fourth-order valence-electron chi connectivity index (χ4n) is 2.69. The van der Waals surface area contributed by atoms with Gasteiger partial charge in [0, 0.05) is 24.8 Å². The Morgan fingerprint density at radius 1 is 1.55 bits per heavy atom. The Hall–Kier alpha value is -1.62. The number of anilines is 1. The molecule has 1 saturated heterocycles. The van der Waals surface area contributed by atoms with Gasteiger partial charge in [0.25, 0.3) is 0 Å². The van der Waals surface area contributed by atoms with Crippen LogP contribution in [0, 0.1) is 0 Å². The summed E-state index contributed by atoms with van der Waals surface area (Å²) in [6.45, 7) is 4.69. The Bertz CT molecular complexity index is 449. The number of carbonyl (C=O) groups is 1. The number of nitrogens with zero attached hydrogens (tertiary/aromatic N) is 2. The van der Waals surface area contributed by atoms with Gasteiger partial charge in [-0.3, -0.25) is 9.69 Å². The maximum Gasteiger partial charge on any atom is 0.234 e. The molecule has 1 aromatic heterocycles. The average molecular weight is 276 g/mol. The van der Waals surface area contributed by atoms with E-state index < -0.39 is 0 Å². The van der Waals surface area contributed by atoms with Gasteiger partial charge in [0.05, 0.1) is 6.04 Å². The van der Waals surface area contributed by atoms with E-state index in [-0.39, 0.29) is 11.9 Å². The van der Waals surface area contributed by atoms with Gasteiger partial charge in [-0.2, -0.15) is 0 Å². The molecular weight excluding hydrogens is 252 g/mol. The molecule has 5 heteroatoms. The summed E-state index contributed by atoms with van der Waals surface area (Å²) in [4.78, 5) is 18.1. The summed E-state index contributed by atoms with van der Waals surface area (Å²) in [5, 5.41) is 3.34.